The number of benzene rings is 1. The molecule has 0 N–H and O–H groups in total. The molecule has 3 heteroatoms. The molecule has 3 rings (SSSR count). The predicted octanol–water partition coefficient (Wildman–Crippen LogP) is 3.48. The van der Waals surface area contributed by atoms with Gasteiger partial charge in [-0.1, -0.05) is 24.3 Å². The highest BCUT2D eigenvalue weighted by molar-refractivity contribution is 6.07. The Hall–Kier alpha value is -2.16. The third-order valence-electron chi connectivity index (χ3n) is 3.96. The molecule has 1 aliphatic carbocycles. The summed E-state index contributed by atoms with van der Waals surface area (Å²) < 4.78 is 2.15. The molecular weight excluding hydrogens is 250 g/mol. The second-order valence-electron chi connectivity index (χ2n) is 5.53. The summed E-state index contributed by atoms with van der Waals surface area (Å²) in [5, 5.41) is 0.988. The predicted molar refractivity (Wildman–Crippen MR) is 79.0 cm³/mol. The van der Waals surface area contributed by atoms with Crippen LogP contribution in [0, 0.1) is 0 Å². The maximum atomic E-state index is 11.8. The van der Waals surface area contributed by atoms with Crippen LogP contribution < -0.4 is 0 Å². The molecule has 1 saturated carbocycles. The standard InChI is InChI=1S/C17H17NO2/c1-12(19)7-8-17(9-10-17)18-11-15(13(2)20)14-5-3-4-6-16(14)18/h3-8,11H,9-10H2,1-2H3/b8-7+. The molecular formula is C17H17NO2. The molecule has 1 aliphatic rings. The first-order chi connectivity index (χ1) is 9.53. The maximum Gasteiger partial charge on any atom is 0.161 e. The Kier molecular flexibility index (Phi) is 2.85. The van der Waals surface area contributed by atoms with Crippen molar-refractivity contribution in [2.75, 3.05) is 0 Å². The van der Waals surface area contributed by atoms with Gasteiger partial charge in [0.25, 0.3) is 0 Å². The number of hydrogen-bond donors (Lipinski definition) is 0. The summed E-state index contributed by atoms with van der Waals surface area (Å²) in [6.45, 7) is 3.15. The number of carbonyl (C=O) groups excluding carboxylic acids is 2. The van der Waals surface area contributed by atoms with Crippen molar-refractivity contribution < 1.29 is 9.59 Å². The van der Waals surface area contributed by atoms with Gasteiger partial charge in [-0.25, -0.2) is 0 Å². The van der Waals surface area contributed by atoms with Gasteiger partial charge in [-0.05, 0) is 38.8 Å². The molecule has 0 bridgehead atoms. The fraction of sp³-hybridized carbons (Fsp3) is 0.294. The van der Waals surface area contributed by atoms with Crippen molar-refractivity contribution in [3.8, 4) is 0 Å². The third kappa shape index (κ3) is 1.99. The van der Waals surface area contributed by atoms with Crippen molar-refractivity contribution in [2.24, 2.45) is 0 Å². The van der Waals surface area contributed by atoms with E-state index in [9.17, 15) is 9.59 Å². The van der Waals surface area contributed by atoms with Crippen molar-refractivity contribution in [1.82, 2.24) is 4.57 Å². The van der Waals surface area contributed by atoms with Crippen LogP contribution in [0.15, 0.2) is 42.6 Å². The highest BCUT2D eigenvalue weighted by Gasteiger charge is 2.43. The highest BCUT2D eigenvalue weighted by Crippen LogP contribution is 2.47. The number of aromatic nitrogens is 1. The lowest BCUT2D eigenvalue weighted by atomic mass is 10.1. The van der Waals surface area contributed by atoms with Gasteiger partial charge in [-0.15, -0.1) is 0 Å². The molecule has 0 amide bonds. The molecule has 0 unspecified atom stereocenters. The molecule has 0 aliphatic heterocycles. The summed E-state index contributed by atoms with van der Waals surface area (Å²) in [5.74, 6) is 0.130. The molecule has 1 heterocycles. The van der Waals surface area contributed by atoms with E-state index in [1.54, 1.807) is 19.9 Å². The Morgan fingerprint density at radius 1 is 1.20 bits per heavy atom. The molecule has 0 atom stereocenters. The quantitative estimate of drug-likeness (QED) is 0.628. The van der Waals surface area contributed by atoms with E-state index in [2.05, 4.69) is 4.57 Å². The van der Waals surface area contributed by atoms with Crippen LogP contribution >= 0.6 is 0 Å². The van der Waals surface area contributed by atoms with Crippen LogP contribution in [-0.2, 0) is 10.3 Å². The smallest absolute Gasteiger partial charge is 0.161 e. The van der Waals surface area contributed by atoms with E-state index >= 15 is 0 Å². The highest BCUT2D eigenvalue weighted by atomic mass is 16.1. The van der Waals surface area contributed by atoms with E-state index in [1.165, 1.54) is 0 Å². The second kappa shape index (κ2) is 4.44. The van der Waals surface area contributed by atoms with Crippen LogP contribution in [0.25, 0.3) is 10.9 Å². The van der Waals surface area contributed by atoms with Gasteiger partial charge in [-0.2, -0.15) is 0 Å². The first-order valence-corrected chi connectivity index (χ1v) is 6.85. The largest absolute Gasteiger partial charge is 0.337 e. The zero-order chi connectivity index (χ0) is 14.3. The van der Waals surface area contributed by atoms with Crippen molar-refractivity contribution in [2.45, 2.75) is 32.2 Å². The minimum absolute atomic E-state index is 0.0551. The van der Waals surface area contributed by atoms with Gasteiger partial charge < -0.3 is 4.57 Å². The van der Waals surface area contributed by atoms with E-state index in [1.807, 2.05) is 36.5 Å². The monoisotopic (exact) mass is 267 g/mol. The van der Waals surface area contributed by atoms with E-state index in [4.69, 9.17) is 0 Å². The Morgan fingerprint density at radius 2 is 1.90 bits per heavy atom. The molecule has 0 spiro atoms. The zero-order valence-corrected chi connectivity index (χ0v) is 11.7. The summed E-state index contributed by atoms with van der Waals surface area (Å²) in [7, 11) is 0. The molecule has 3 nitrogen and oxygen atoms in total. The first-order valence-electron chi connectivity index (χ1n) is 6.85. The van der Waals surface area contributed by atoms with E-state index in [0.717, 1.165) is 29.3 Å². The van der Waals surface area contributed by atoms with E-state index in [-0.39, 0.29) is 17.1 Å². The molecule has 1 fully saturated rings. The molecule has 0 saturated heterocycles. The SMILES string of the molecule is CC(=O)/C=C/C1(n2cc(C(C)=O)c3ccccc32)CC1. The third-order valence-corrected chi connectivity index (χ3v) is 3.96. The van der Waals surface area contributed by atoms with Crippen LogP contribution in [0.5, 0.6) is 0 Å². The normalized spacial score (nSPS) is 16.7. The number of nitrogens with zero attached hydrogens (tertiary/aromatic N) is 1. The second-order valence-corrected chi connectivity index (χ2v) is 5.53. The molecule has 20 heavy (non-hydrogen) atoms. The van der Waals surface area contributed by atoms with Crippen molar-refractivity contribution in [3.05, 3.63) is 48.2 Å². The Labute approximate surface area is 117 Å². The summed E-state index contributed by atoms with van der Waals surface area (Å²) in [6, 6.07) is 7.94. The van der Waals surface area contributed by atoms with Gasteiger partial charge in [0.2, 0.25) is 0 Å². The van der Waals surface area contributed by atoms with E-state index in [0.29, 0.717) is 0 Å². The van der Waals surface area contributed by atoms with Crippen LogP contribution in [0.3, 0.4) is 0 Å². The number of para-hydroxylation sites is 1. The Bertz CT molecular complexity index is 733. The van der Waals surface area contributed by atoms with Crippen LogP contribution in [0.4, 0.5) is 0 Å². The first kappa shape index (κ1) is 12.9. The van der Waals surface area contributed by atoms with Crippen molar-refractivity contribution in [1.29, 1.82) is 0 Å². The molecule has 0 radical (unpaired) electrons. The lowest BCUT2D eigenvalue weighted by Gasteiger charge is -2.14. The fourth-order valence-electron chi connectivity index (χ4n) is 2.72. The van der Waals surface area contributed by atoms with Gasteiger partial charge in [0.05, 0.1) is 5.54 Å². The minimum atomic E-state index is -0.126. The number of hydrogen-bond acceptors (Lipinski definition) is 2. The van der Waals surface area contributed by atoms with Gasteiger partial charge in [0.1, 0.15) is 0 Å². The van der Waals surface area contributed by atoms with Gasteiger partial charge in [0, 0.05) is 22.7 Å². The lowest BCUT2D eigenvalue weighted by Crippen LogP contribution is -2.13. The van der Waals surface area contributed by atoms with Gasteiger partial charge in [-0.3, -0.25) is 9.59 Å². The zero-order valence-electron chi connectivity index (χ0n) is 11.7. The van der Waals surface area contributed by atoms with Crippen LogP contribution in [-0.4, -0.2) is 16.1 Å². The Balaban J connectivity index is 2.17. The number of allylic oxidation sites excluding steroid dienone is 2. The van der Waals surface area contributed by atoms with E-state index < -0.39 is 0 Å². The molecule has 1 aromatic heterocycles. The number of ketones is 2. The van der Waals surface area contributed by atoms with Crippen LogP contribution in [0.2, 0.25) is 0 Å². The molecule has 1 aromatic carbocycles. The number of Topliss-reactive ketones (excluding diaryl/α,β-unsaturated/α-hetero) is 1. The summed E-state index contributed by atoms with van der Waals surface area (Å²) in [6.07, 6.45) is 7.56. The average molecular weight is 267 g/mol. The summed E-state index contributed by atoms with van der Waals surface area (Å²) in [5.41, 5.74) is 1.69. The minimum Gasteiger partial charge on any atom is -0.337 e. The van der Waals surface area contributed by atoms with Crippen LogP contribution in [0.1, 0.15) is 37.0 Å². The molecule has 2 aromatic rings. The number of fused-ring (bicyclic) bond motifs is 1. The lowest BCUT2D eigenvalue weighted by molar-refractivity contribution is -0.112. The van der Waals surface area contributed by atoms with Gasteiger partial charge in [0.15, 0.2) is 11.6 Å². The van der Waals surface area contributed by atoms with Crippen molar-refractivity contribution >= 4 is 22.5 Å². The fourth-order valence-corrected chi connectivity index (χ4v) is 2.72. The Morgan fingerprint density at radius 3 is 2.50 bits per heavy atom. The number of rotatable bonds is 4. The summed E-state index contributed by atoms with van der Waals surface area (Å²) in [4.78, 5) is 23.0. The molecule has 102 valence electrons. The summed E-state index contributed by atoms with van der Waals surface area (Å²) >= 11 is 0. The topological polar surface area (TPSA) is 39.1 Å². The van der Waals surface area contributed by atoms with Crippen molar-refractivity contribution in [3.63, 3.8) is 0 Å². The number of carbonyl (C=O) groups is 2. The maximum absolute atomic E-state index is 11.8. The average Bonchev–Trinajstić information content (AvgIpc) is 3.09. The van der Waals surface area contributed by atoms with Gasteiger partial charge >= 0.3 is 0 Å².